The maximum Gasteiger partial charge on any atom is 0.311 e. The van der Waals surface area contributed by atoms with Gasteiger partial charge in [0.1, 0.15) is 6.10 Å². The van der Waals surface area contributed by atoms with E-state index in [-0.39, 0.29) is 49.3 Å². The molecule has 6 rings (SSSR count). The average molecular weight is 527 g/mol. The highest BCUT2D eigenvalue weighted by Gasteiger charge is 2.48. The molecule has 1 N–H and O–H groups in total. The van der Waals surface area contributed by atoms with Crippen LogP contribution in [0.5, 0.6) is 28.7 Å². The van der Waals surface area contributed by atoms with Gasteiger partial charge in [0.05, 0.1) is 33.2 Å². The minimum Gasteiger partial charge on any atom is -0.502 e. The van der Waals surface area contributed by atoms with Gasteiger partial charge in [-0.1, -0.05) is 12.1 Å². The Hall–Kier alpha value is -3.92. The molecule has 0 saturated carbocycles. The van der Waals surface area contributed by atoms with Crippen LogP contribution < -0.4 is 18.9 Å². The van der Waals surface area contributed by atoms with Crippen LogP contribution in [-0.4, -0.2) is 44.7 Å². The maximum absolute atomic E-state index is 12.5. The third-order valence-electron chi connectivity index (χ3n) is 6.57. The number of methoxy groups -OCH3 is 2. The number of phenolic OH excluding ortho intramolecular Hbond substituents is 1. The van der Waals surface area contributed by atoms with Crippen molar-refractivity contribution in [3.05, 3.63) is 63.8 Å². The van der Waals surface area contributed by atoms with E-state index in [0.29, 0.717) is 29.4 Å². The van der Waals surface area contributed by atoms with Crippen LogP contribution in [0.15, 0.2) is 47.8 Å². The van der Waals surface area contributed by atoms with Crippen LogP contribution in [0.25, 0.3) is 0 Å². The molecule has 3 aromatic rings. The summed E-state index contributed by atoms with van der Waals surface area (Å²) >= 11 is 1.52. The molecule has 2 aromatic carbocycles. The van der Waals surface area contributed by atoms with Crippen LogP contribution in [0.3, 0.4) is 0 Å². The van der Waals surface area contributed by atoms with E-state index in [1.165, 1.54) is 25.6 Å². The summed E-state index contributed by atoms with van der Waals surface area (Å²) in [5.41, 5.74) is 1.83. The van der Waals surface area contributed by atoms with Crippen LogP contribution in [0.1, 0.15) is 22.1 Å². The second-order valence-electron chi connectivity index (χ2n) is 8.69. The summed E-state index contributed by atoms with van der Waals surface area (Å²) in [6.45, 7) is 0.449. The summed E-state index contributed by atoms with van der Waals surface area (Å²) in [4.78, 5) is 25.6. The molecule has 1 aliphatic carbocycles. The highest BCUT2D eigenvalue weighted by atomic mass is 32.1. The predicted octanol–water partition coefficient (Wildman–Crippen LogP) is 4.06. The van der Waals surface area contributed by atoms with Crippen molar-refractivity contribution >= 4 is 23.3 Å². The van der Waals surface area contributed by atoms with E-state index in [9.17, 15) is 14.7 Å². The first kappa shape index (κ1) is 24.8. The van der Waals surface area contributed by atoms with Crippen molar-refractivity contribution in [3.8, 4) is 28.7 Å². The lowest BCUT2D eigenvalue weighted by Crippen LogP contribution is -2.33. The molecule has 1 fully saturated rings. The van der Waals surface area contributed by atoms with Gasteiger partial charge in [-0.2, -0.15) is 0 Å². The van der Waals surface area contributed by atoms with Crippen LogP contribution in [0, 0.1) is 11.8 Å². The van der Waals surface area contributed by atoms with E-state index in [1.807, 2.05) is 29.6 Å². The Balaban J connectivity index is 0.000000215. The van der Waals surface area contributed by atoms with Gasteiger partial charge in [0, 0.05) is 16.4 Å². The van der Waals surface area contributed by atoms with Gasteiger partial charge >= 0.3 is 11.9 Å². The zero-order valence-electron chi connectivity index (χ0n) is 20.3. The zero-order valence-corrected chi connectivity index (χ0v) is 21.1. The largest absolute Gasteiger partial charge is 0.502 e. The number of aromatic hydroxyl groups is 1. The van der Waals surface area contributed by atoms with Gasteiger partial charge in [-0.3, -0.25) is 9.59 Å². The minimum absolute atomic E-state index is 0.0394. The summed E-state index contributed by atoms with van der Waals surface area (Å²) in [5.74, 6) is 1.21. The molecular weight excluding hydrogens is 500 g/mol. The van der Waals surface area contributed by atoms with Gasteiger partial charge in [-0.25, -0.2) is 0 Å². The standard InChI is InChI=1S/C19H16O6S.C8H10O3/c20-17(6-11-2-1-3-26-11)25-18-12-7-16-15(23-9-24-16)5-10(12)4-13-14(18)8-22-19(13)21;1-10-6-4-3-5-7(11-2)8(6)9/h1-3,5,7,13-14,18H,4,6,8-9H2;3-5,9H,1-2H3/t13-,14?,18?;/m1./s1. The van der Waals surface area contributed by atoms with Crippen LogP contribution in [0.4, 0.5) is 0 Å². The van der Waals surface area contributed by atoms with Gasteiger partial charge in [0.25, 0.3) is 0 Å². The van der Waals surface area contributed by atoms with Crippen molar-refractivity contribution in [2.45, 2.75) is 18.9 Å². The summed E-state index contributed by atoms with van der Waals surface area (Å²) in [6.07, 6.45) is 0.270. The number of cyclic esters (lactones) is 1. The molecule has 10 heteroatoms. The van der Waals surface area contributed by atoms with E-state index in [1.54, 1.807) is 18.2 Å². The first-order valence-electron chi connectivity index (χ1n) is 11.7. The SMILES string of the molecule is COc1cccc(OC)c1O.O=C(Cc1cccs1)OC1c2cc3c(cc2C[C@H]2C(=O)OCC12)OCO3. The van der Waals surface area contributed by atoms with Crippen LogP contribution in [0.2, 0.25) is 0 Å². The Labute approximate surface area is 217 Å². The number of thiophene rings is 1. The smallest absolute Gasteiger partial charge is 0.311 e. The molecule has 1 aromatic heterocycles. The Bertz CT molecular complexity index is 1270. The Morgan fingerprint density at radius 2 is 1.78 bits per heavy atom. The van der Waals surface area contributed by atoms with E-state index in [4.69, 9.17) is 28.4 Å². The van der Waals surface area contributed by atoms with Gasteiger partial charge in [0.15, 0.2) is 23.0 Å². The number of phenols is 1. The third kappa shape index (κ3) is 5.01. The first-order chi connectivity index (χ1) is 18.0. The topological polar surface area (TPSA) is 110 Å². The van der Waals surface area contributed by atoms with Crippen molar-refractivity contribution < 1.29 is 43.1 Å². The van der Waals surface area contributed by atoms with Crippen molar-refractivity contribution in [3.63, 3.8) is 0 Å². The highest BCUT2D eigenvalue weighted by Crippen LogP contribution is 2.48. The monoisotopic (exact) mass is 526 g/mol. The molecule has 3 heterocycles. The van der Waals surface area contributed by atoms with E-state index < -0.39 is 6.10 Å². The number of para-hydroxylation sites is 1. The fourth-order valence-corrected chi connectivity index (χ4v) is 5.43. The Kier molecular flexibility index (Phi) is 7.09. The summed E-state index contributed by atoms with van der Waals surface area (Å²) < 4.78 is 31.7. The van der Waals surface area contributed by atoms with Gasteiger partial charge < -0.3 is 33.5 Å². The fourth-order valence-electron chi connectivity index (χ4n) is 4.74. The molecule has 37 heavy (non-hydrogen) atoms. The molecule has 2 unspecified atom stereocenters. The van der Waals surface area contributed by atoms with Crippen LogP contribution >= 0.6 is 11.3 Å². The van der Waals surface area contributed by atoms with Gasteiger partial charge in [-0.05, 0) is 47.7 Å². The molecule has 0 bridgehead atoms. The Morgan fingerprint density at radius 3 is 2.46 bits per heavy atom. The summed E-state index contributed by atoms with van der Waals surface area (Å²) in [7, 11) is 2.99. The number of benzene rings is 2. The first-order valence-corrected chi connectivity index (χ1v) is 12.6. The van der Waals surface area contributed by atoms with E-state index in [0.717, 1.165) is 16.0 Å². The highest BCUT2D eigenvalue weighted by molar-refractivity contribution is 7.10. The second kappa shape index (κ2) is 10.6. The molecule has 2 aliphatic heterocycles. The molecular formula is C27H26O9S. The minimum atomic E-state index is -0.517. The number of carbonyl (C=O) groups excluding carboxylic acids is 2. The Morgan fingerprint density at radius 1 is 1.05 bits per heavy atom. The number of hydrogen-bond donors (Lipinski definition) is 1. The quantitative estimate of drug-likeness (QED) is 0.492. The molecule has 194 valence electrons. The summed E-state index contributed by atoms with van der Waals surface area (Å²) in [5, 5.41) is 11.3. The number of carbonyl (C=O) groups is 2. The molecule has 0 radical (unpaired) electrons. The van der Waals surface area contributed by atoms with Crippen molar-refractivity contribution in [2.75, 3.05) is 27.6 Å². The number of fused-ring (bicyclic) bond motifs is 3. The maximum atomic E-state index is 12.5. The third-order valence-corrected chi connectivity index (χ3v) is 7.44. The molecule has 0 amide bonds. The number of rotatable bonds is 5. The van der Waals surface area contributed by atoms with Gasteiger partial charge in [-0.15, -0.1) is 11.3 Å². The molecule has 9 nitrogen and oxygen atoms in total. The molecule has 0 spiro atoms. The van der Waals surface area contributed by atoms with Crippen molar-refractivity contribution in [2.24, 2.45) is 11.8 Å². The number of hydrogen-bond acceptors (Lipinski definition) is 10. The predicted molar refractivity (Wildman–Crippen MR) is 132 cm³/mol. The average Bonchev–Trinajstić information content (AvgIpc) is 3.65. The second-order valence-corrected chi connectivity index (χ2v) is 9.72. The number of esters is 2. The van der Waals surface area contributed by atoms with Crippen molar-refractivity contribution in [1.82, 2.24) is 0 Å². The lowest BCUT2D eigenvalue weighted by atomic mass is 9.75. The van der Waals surface area contributed by atoms with Crippen LogP contribution in [-0.2, 0) is 31.9 Å². The van der Waals surface area contributed by atoms with E-state index in [2.05, 4.69) is 0 Å². The molecule has 1 saturated heterocycles. The normalized spacial score (nSPS) is 20.6. The van der Waals surface area contributed by atoms with Gasteiger partial charge in [0.2, 0.25) is 12.5 Å². The van der Waals surface area contributed by atoms with Crippen molar-refractivity contribution in [1.29, 1.82) is 0 Å². The fraction of sp³-hybridized carbons (Fsp3) is 0.333. The summed E-state index contributed by atoms with van der Waals surface area (Å²) in [6, 6.07) is 12.7. The van der Waals surface area contributed by atoms with E-state index >= 15 is 0 Å². The molecule has 3 atom stereocenters. The molecule has 3 aliphatic rings. The lowest BCUT2D eigenvalue weighted by Gasteiger charge is -2.32. The zero-order chi connectivity index (χ0) is 25.9. The number of ether oxygens (including phenoxy) is 6. The lowest BCUT2D eigenvalue weighted by molar-refractivity contribution is -0.153.